The fraction of sp³-hybridized carbons (Fsp3) is 0.167. The molecule has 0 atom stereocenters. The van der Waals surface area contributed by atoms with Gasteiger partial charge in [0.15, 0.2) is 5.82 Å². The number of carbonyl (C=O) groups excluding carboxylic acids is 2. The van der Waals surface area contributed by atoms with Crippen LogP contribution >= 0.6 is 0 Å². The molecule has 2 aromatic carbocycles. The molecule has 1 heterocycles. The molecule has 9 heteroatoms. The number of primary amides is 2. The summed E-state index contributed by atoms with van der Waals surface area (Å²) >= 11 is 0. The van der Waals surface area contributed by atoms with Crippen LogP contribution < -0.4 is 17.2 Å². The molecule has 0 fully saturated rings. The smallest absolute Gasteiger partial charge is 0.248 e. The number of rotatable bonds is 7. The third kappa shape index (κ3) is 3.27. The van der Waals surface area contributed by atoms with Crippen molar-refractivity contribution in [3.8, 4) is 0 Å². The Labute approximate surface area is 154 Å². The van der Waals surface area contributed by atoms with Crippen LogP contribution in [0.2, 0.25) is 0 Å². The molecule has 0 aliphatic rings. The minimum absolute atomic E-state index is 0.337. The van der Waals surface area contributed by atoms with Gasteiger partial charge in [-0.25, -0.2) is 0 Å². The summed E-state index contributed by atoms with van der Waals surface area (Å²) in [6.07, 6.45) is 0.471. The van der Waals surface area contributed by atoms with Crippen LogP contribution in [-0.4, -0.2) is 39.0 Å². The van der Waals surface area contributed by atoms with Crippen molar-refractivity contribution in [2.45, 2.75) is 11.8 Å². The van der Waals surface area contributed by atoms with Crippen molar-refractivity contribution in [1.82, 2.24) is 20.6 Å². The van der Waals surface area contributed by atoms with E-state index >= 15 is 0 Å². The Hall–Kier alpha value is -3.59. The second-order valence-corrected chi connectivity index (χ2v) is 6.06. The van der Waals surface area contributed by atoms with Crippen molar-refractivity contribution < 1.29 is 9.59 Å². The van der Waals surface area contributed by atoms with Crippen LogP contribution in [0.1, 0.15) is 44.1 Å². The lowest BCUT2D eigenvalue weighted by atomic mass is 9.71. The van der Waals surface area contributed by atoms with Gasteiger partial charge in [-0.15, -0.1) is 10.2 Å². The molecule has 0 aliphatic heterocycles. The summed E-state index contributed by atoms with van der Waals surface area (Å²) < 4.78 is 0. The van der Waals surface area contributed by atoms with E-state index < -0.39 is 17.2 Å². The minimum atomic E-state index is -0.825. The minimum Gasteiger partial charge on any atom is -0.366 e. The number of nitrogens with two attached hydrogens (primary N) is 3. The number of hydrogen-bond acceptors (Lipinski definition) is 6. The molecule has 0 spiro atoms. The number of hydrogen-bond donors (Lipinski definition) is 4. The van der Waals surface area contributed by atoms with Crippen LogP contribution in [-0.2, 0) is 5.41 Å². The van der Waals surface area contributed by atoms with Gasteiger partial charge in [0.1, 0.15) is 0 Å². The average Bonchev–Trinajstić information content (AvgIpc) is 3.21. The van der Waals surface area contributed by atoms with Gasteiger partial charge in [-0.05, 0) is 48.4 Å². The number of aromatic nitrogens is 4. The largest absolute Gasteiger partial charge is 0.366 e. The summed E-state index contributed by atoms with van der Waals surface area (Å²) in [6.45, 7) is 0.337. The summed E-state index contributed by atoms with van der Waals surface area (Å²) in [7, 11) is 0. The second-order valence-electron chi connectivity index (χ2n) is 6.06. The Balaban J connectivity index is 2.21. The number of H-pyrrole nitrogens is 1. The molecule has 1 aromatic heterocycles. The predicted octanol–water partition coefficient (Wildman–Crippen LogP) is 0.0807. The molecule has 0 saturated carbocycles. The van der Waals surface area contributed by atoms with Crippen molar-refractivity contribution in [2.24, 2.45) is 17.2 Å². The van der Waals surface area contributed by atoms with Crippen LogP contribution in [0, 0.1) is 0 Å². The maximum Gasteiger partial charge on any atom is 0.248 e. The fourth-order valence-electron chi connectivity index (χ4n) is 3.22. The Bertz CT molecular complexity index is 877. The van der Waals surface area contributed by atoms with E-state index in [0.29, 0.717) is 29.9 Å². The zero-order valence-electron chi connectivity index (χ0n) is 14.4. The number of tetrazole rings is 1. The van der Waals surface area contributed by atoms with E-state index in [1.807, 2.05) is 0 Å². The first-order valence-corrected chi connectivity index (χ1v) is 8.23. The molecule has 3 aromatic rings. The summed E-state index contributed by atoms with van der Waals surface area (Å²) in [4.78, 5) is 22.8. The first kappa shape index (κ1) is 18.2. The van der Waals surface area contributed by atoms with E-state index in [4.69, 9.17) is 17.2 Å². The van der Waals surface area contributed by atoms with Gasteiger partial charge in [0, 0.05) is 11.1 Å². The second kappa shape index (κ2) is 7.34. The summed E-state index contributed by atoms with van der Waals surface area (Å²) in [5, 5.41) is 14.5. The Morgan fingerprint density at radius 1 is 0.889 bits per heavy atom. The van der Waals surface area contributed by atoms with Crippen LogP contribution in [0.15, 0.2) is 48.5 Å². The highest BCUT2D eigenvalue weighted by atomic mass is 16.1. The van der Waals surface area contributed by atoms with Gasteiger partial charge in [-0.2, -0.15) is 5.21 Å². The molecular formula is C18H19N7O2. The normalized spacial score (nSPS) is 11.3. The van der Waals surface area contributed by atoms with Crippen molar-refractivity contribution >= 4 is 11.8 Å². The predicted molar refractivity (Wildman–Crippen MR) is 97.7 cm³/mol. The summed E-state index contributed by atoms with van der Waals surface area (Å²) in [5.41, 5.74) is 18.2. The highest BCUT2D eigenvalue weighted by Gasteiger charge is 2.39. The lowest BCUT2D eigenvalue weighted by Crippen LogP contribution is -2.34. The number of carbonyl (C=O) groups is 2. The van der Waals surface area contributed by atoms with Gasteiger partial charge in [-0.1, -0.05) is 29.5 Å². The van der Waals surface area contributed by atoms with Crippen molar-refractivity contribution in [3.05, 3.63) is 76.6 Å². The molecule has 0 aliphatic carbocycles. The Morgan fingerprint density at radius 2 is 1.37 bits per heavy atom. The fourth-order valence-corrected chi connectivity index (χ4v) is 3.22. The molecule has 0 bridgehead atoms. The zero-order chi connectivity index (χ0) is 19.4. The first-order chi connectivity index (χ1) is 13.0. The Morgan fingerprint density at radius 3 is 1.70 bits per heavy atom. The van der Waals surface area contributed by atoms with E-state index in [0.717, 1.165) is 11.1 Å². The third-order valence-corrected chi connectivity index (χ3v) is 4.57. The number of aromatic amines is 1. The van der Waals surface area contributed by atoms with Crippen molar-refractivity contribution in [1.29, 1.82) is 0 Å². The third-order valence-electron chi connectivity index (χ3n) is 4.57. The molecule has 7 N–H and O–H groups in total. The van der Waals surface area contributed by atoms with Gasteiger partial charge < -0.3 is 17.2 Å². The van der Waals surface area contributed by atoms with Gasteiger partial charge in [0.05, 0.1) is 5.41 Å². The summed E-state index contributed by atoms with van der Waals surface area (Å²) in [5.74, 6) is -0.612. The molecule has 0 unspecified atom stereocenters. The number of amides is 2. The quantitative estimate of drug-likeness (QED) is 0.462. The molecular weight excluding hydrogens is 346 g/mol. The molecule has 3 rings (SSSR count). The van der Waals surface area contributed by atoms with Crippen LogP contribution in [0.25, 0.3) is 0 Å². The SMILES string of the molecule is NCCC(c1ccc(C(N)=O)cc1)(c1ccc(C(N)=O)cc1)c1nn[nH]n1. The Kier molecular flexibility index (Phi) is 4.95. The van der Waals surface area contributed by atoms with Crippen LogP contribution in [0.3, 0.4) is 0 Å². The first-order valence-electron chi connectivity index (χ1n) is 8.23. The number of nitrogens with one attached hydrogen (secondary N) is 1. The van der Waals surface area contributed by atoms with Crippen molar-refractivity contribution in [3.63, 3.8) is 0 Å². The molecule has 0 radical (unpaired) electrons. The van der Waals surface area contributed by atoms with Crippen molar-refractivity contribution in [2.75, 3.05) is 6.54 Å². The molecule has 138 valence electrons. The molecule has 27 heavy (non-hydrogen) atoms. The maximum atomic E-state index is 11.4. The zero-order valence-corrected chi connectivity index (χ0v) is 14.4. The monoisotopic (exact) mass is 365 g/mol. The molecule has 2 amide bonds. The highest BCUT2D eigenvalue weighted by molar-refractivity contribution is 5.93. The maximum absolute atomic E-state index is 11.4. The van der Waals surface area contributed by atoms with Gasteiger partial charge >= 0.3 is 0 Å². The van der Waals surface area contributed by atoms with E-state index in [2.05, 4.69) is 20.6 Å². The van der Waals surface area contributed by atoms with E-state index in [1.165, 1.54) is 0 Å². The lowest BCUT2D eigenvalue weighted by molar-refractivity contribution is 0.0992. The topological polar surface area (TPSA) is 167 Å². The highest BCUT2D eigenvalue weighted by Crippen LogP contribution is 2.40. The molecule has 9 nitrogen and oxygen atoms in total. The van der Waals surface area contributed by atoms with E-state index in [1.54, 1.807) is 48.5 Å². The average molecular weight is 365 g/mol. The van der Waals surface area contributed by atoms with Gasteiger partial charge in [-0.3, -0.25) is 9.59 Å². The lowest BCUT2D eigenvalue weighted by Gasteiger charge is -2.32. The van der Waals surface area contributed by atoms with E-state index in [9.17, 15) is 9.59 Å². The standard InChI is InChI=1S/C18H19N7O2/c19-10-9-18(17-22-24-25-23-17,13-5-1-11(2-6-13)15(20)26)14-7-3-12(4-8-14)16(21)27/h1-8H,9-10,19H2,(H2,20,26)(H2,21,27)(H,22,23,24,25). The summed E-state index contributed by atoms with van der Waals surface area (Å²) in [6, 6.07) is 13.7. The van der Waals surface area contributed by atoms with Crippen LogP contribution in [0.5, 0.6) is 0 Å². The number of benzene rings is 2. The number of nitrogens with zero attached hydrogens (tertiary/aromatic N) is 3. The van der Waals surface area contributed by atoms with Gasteiger partial charge in [0.2, 0.25) is 11.8 Å². The molecule has 0 saturated heterocycles. The van der Waals surface area contributed by atoms with E-state index in [-0.39, 0.29) is 0 Å². The van der Waals surface area contributed by atoms with Crippen LogP contribution in [0.4, 0.5) is 0 Å². The van der Waals surface area contributed by atoms with Gasteiger partial charge in [0.25, 0.3) is 0 Å².